The van der Waals surface area contributed by atoms with Crippen LogP contribution in [-0.2, 0) is 25.6 Å². The van der Waals surface area contributed by atoms with Crippen LogP contribution in [0.15, 0.2) is 103 Å². The number of hydrogen-bond donors (Lipinski definition) is 15. The highest BCUT2D eigenvalue weighted by Gasteiger charge is 2.38. The highest BCUT2D eigenvalue weighted by molar-refractivity contribution is 6.07. The second-order valence-corrected chi connectivity index (χ2v) is 33.2. The summed E-state index contributed by atoms with van der Waals surface area (Å²) in [7, 11) is 0. The van der Waals surface area contributed by atoms with Gasteiger partial charge in [0.05, 0.1) is 46.7 Å². The zero-order valence-corrected chi connectivity index (χ0v) is 67.5. The minimum atomic E-state index is -0.807. The van der Waals surface area contributed by atoms with E-state index in [1.807, 2.05) is 40.1 Å². The van der Waals surface area contributed by atoms with E-state index >= 15 is 0 Å². The third-order valence-corrected chi connectivity index (χ3v) is 17.8. The maximum atomic E-state index is 13.9. The standard InChI is InChI=1S/C53H72FN11O11.C26H34FN11O3/c1-50(2,3)73-46(68)56-34-23-35(57-47(69)74-51(4,5)6)27-64(26-34)44-61-43(62-45(63-44)65-28-36(58-48(70)75-52(7,8)9)24-37(29-65)59-49(71)76-53(10,11)12)55-33-19-21-39(41(25-33)72-30-31-16-14-13-15-17-31)60-42(67)38-20-18-32(54)22-40(38)66;27-13-1-3-19(21(39)5-13)23(41)33-20-4-2-18(8-22(20)40)32-24-34-25(37-9-14(28)6-15(29)10-37)36-26(35-24)38-11-16(30)7-17(31)12-38/h13-22,25,34-37,66H,23-24,26-30H2,1-12H3,(H,56,68)(H,57,69)(H,58,70)(H,59,71)(H,60,67)(H,55,61,62,63);1-5,8,14-17,39-40H,6-7,9-12,28-31H2,(H,33,41)(H,32,34,35,36)/t34-,35+,36-,37+;14-,15+,16-,17+. The first-order chi connectivity index (χ1) is 54.9. The van der Waals surface area contributed by atoms with E-state index in [1.54, 1.807) is 117 Å². The fourth-order valence-electron chi connectivity index (χ4n) is 13.2. The molecule has 6 amide bonds. The second-order valence-electron chi connectivity index (χ2n) is 33.2. The fourth-order valence-corrected chi connectivity index (χ4v) is 13.2. The van der Waals surface area contributed by atoms with Crippen molar-refractivity contribution in [2.24, 2.45) is 22.9 Å². The average Bonchev–Trinajstić information content (AvgIpc) is 0.774. The van der Waals surface area contributed by atoms with Crippen LogP contribution in [0.25, 0.3) is 0 Å². The Balaban J connectivity index is 0.000000294. The van der Waals surface area contributed by atoms with E-state index in [0.717, 1.165) is 42.0 Å². The van der Waals surface area contributed by atoms with Gasteiger partial charge in [-0.1, -0.05) is 30.3 Å². The lowest BCUT2D eigenvalue weighted by Crippen LogP contribution is -2.59. The number of amides is 6. The monoisotopic (exact) mass is 1620 g/mol. The normalized spacial score (nSPS) is 19.7. The molecule has 0 saturated carbocycles. The quantitative estimate of drug-likeness (QED) is 0.0267. The number of aromatic nitrogens is 6. The summed E-state index contributed by atoms with van der Waals surface area (Å²) in [6.45, 7) is 23.7. The molecule has 4 aliphatic rings. The summed E-state index contributed by atoms with van der Waals surface area (Å²) in [5.41, 5.74) is 23.2. The summed E-state index contributed by atoms with van der Waals surface area (Å²) in [4.78, 5) is 115. The van der Waals surface area contributed by atoms with Crippen LogP contribution in [0.1, 0.15) is 135 Å². The van der Waals surface area contributed by atoms with Crippen LogP contribution in [0.3, 0.4) is 0 Å². The van der Waals surface area contributed by atoms with Crippen molar-refractivity contribution in [1.29, 1.82) is 0 Å². The second kappa shape index (κ2) is 37.2. The Hall–Kier alpha value is -12.2. The number of rotatable bonds is 19. The molecular formula is C79H106F2N22O14. The number of phenols is 3. The number of anilines is 10. The van der Waals surface area contributed by atoms with E-state index in [4.69, 9.17) is 66.6 Å². The molecule has 19 N–H and O–H groups in total. The van der Waals surface area contributed by atoms with Crippen LogP contribution < -0.4 is 89.8 Å². The van der Waals surface area contributed by atoms with Crippen LogP contribution >= 0.6 is 0 Å². The number of phenolic OH excluding ortho intramolecular Hbond substituents is 3. The molecule has 2 aromatic heterocycles. The number of piperidine rings is 4. The number of carbonyl (C=O) groups excluding carboxylic acids is 6. The Labute approximate surface area is 676 Å². The SMILES string of the molecule is CC(C)(C)OC(=O)N[C@@H]1C[C@H](NC(=O)OC(C)(C)C)CN(c2nc(Nc3ccc(NC(=O)c4ccc(F)cc4O)c(OCc4ccccc4)c3)nc(N3C[C@H](NC(=O)OC(C)(C)C)C[C@H](NC(=O)OC(C)(C)C)C3)n2)C1.N[C@@H]1C[C@H](N)CN(c2nc(Nc3ccc(NC(=O)c4ccc(F)cc4O)c(O)c3)nc(N3C[C@H](N)C[C@H](N)C3)n2)C1. The number of alkyl carbamates (subject to hydrolysis) is 4. The Morgan fingerprint density at radius 3 is 1.09 bits per heavy atom. The molecule has 4 fully saturated rings. The maximum absolute atomic E-state index is 13.9. The van der Waals surface area contributed by atoms with Crippen molar-refractivity contribution < 1.29 is 76.6 Å². The van der Waals surface area contributed by atoms with Gasteiger partial charge in [0.15, 0.2) is 0 Å². The van der Waals surface area contributed by atoms with Gasteiger partial charge in [-0.2, -0.15) is 29.9 Å². The van der Waals surface area contributed by atoms with E-state index in [0.29, 0.717) is 62.3 Å². The molecule has 5 aromatic carbocycles. The molecule has 8 atom stereocenters. The van der Waals surface area contributed by atoms with Crippen molar-refractivity contribution in [3.8, 4) is 23.0 Å². The van der Waals surface area contributed by atoms with Gasteiger partial charge in [0, 0.05) is 112 Å². The number of nitrogens with two attached hydrogens (primary N) is 4. The van der Waals surface area contributed by atoms with E-state index in [1.165, 1.54) is 12.1 Å². The molecule has 4 aliphatic heterocycles. The van der Waals surface area contributed by atoms with Gasteiger partial charge < -0.3 is 124 Å². The number of nitrogens with one attached hydrogen (secondary N) is 8. The molecule has 11 rings (SSSR count). The highest BCUT2D eigenvalue weighted by atomic mass is 19.1. The topological polar surface area (TPSA) is 500 Å². The zero-order valence-electron chi connectivity index (χ0n) is 67.5. The Morgan fingerprint density at radius 1 is 0.410 bits per heavy atom. The number of nitrogens with zero attached hydrogens (tertiary/aromatic N) is 10. The van der Waals surface area contributed by atoms with Crippen LogP contribution in [0, 0.1) is 11.6 Å². The first-order valence-electron chi connectivity index (χ1n) is 38.2. The predicted molar refractivity (Wildman–Crippen MR) is 435 cm³/mol. The van der Waals surface area contributed by atoms with E-state index in [2.05, 4.69) is 52.5 Å². The highest BCUT2D eigenvalue weighted by Crippen LogP contribution is 2.35. The van der Waals surface area contributed by atoms with Crippen molar-refractivity contribution in [1.82, 2.24) is 51.2 Å². The van der Waals surface area contributed by atoms with Crippen molar-refractivity contribution in [2.45, 2.75) is 186 Å². The minimum absolute atomic E-state index is 0.0137. The number of hydrogen-bond acceptors (Lipinski definition) is 30. The molecule has 0 unspecified atom stereocenters. The molecule has 38 heteroatoms. The van der Waals surface area contributed by atoms with Crippen LogP contribution in [0.5, 0.6) is 23.0 Å². The largest absolute Gasteiger partial charge is 0.507 e. The fraction of sp³-hybridized carbons (Fsp3) is 0.468. The molecule has 36 nitrogen and oxygen atoms in total. The van der Waals surface area contributed by atoms with E-state index in [-0.39, 0.29) is 128 Å². The number of benzene rings is 5. The Bertz CT molecular complexity index is 4440. The van der Waals surface area contributed by atoms with Crippen molar-refractivity contribution in [2.75, 3.05) is 93.2 Å². The molecule has 6 heterocycles. The van der Waals surface area contributed by atoms with Crippen LogP contribution in [0.4, 0.5) is 86.4 Å². The summed E-state index contributed by atoms with van der Waals surface area (Å²) in [5.74, 6) is -2.75. The zero-order chi connectivity index (χ0) is 85.0. The van der Waals surface area contributed by atoms with Crippen LogP contribution in [0.2, 0.25) is 0 Å². The van der Waals surface area contributed by atoms with Gasteiger partial charge >= 0.3 is 24.4 Å². The number of aromatic hydroxyl groups is 3. The number of halogens is 2. The van der Waals surface area contributed by atoms with Gasteiger partial charge in [0.1, 0.15) is 63.6 Å². The number of ether oxygens (including phenoxy) is 5. The van der Waals surface area contributed by atoms with Crippen molar-refractivity contribution in [3.05, 3.63) is 131 Å². The summed E-state index contributed by atoms with van der Waals surface area (Å²) >= 11 is 0. The molecule has 0 bridgehead atoms. The van der Waals surface area contributed by atoms with Crippen LogP contribution in [-0.4, -0.2) is 205 Å². The molecule has 630 valence electrons. The predicted octanol–water partition coefficient (Wildman–Crippen LogP) is 8.43. The van der Waals surface area contributed by atoms with Gasteiger partial charge in [0.2, 0.25) is 35.7 Å². The van der Waals surface area contributed by atoms with E-state index < -0.39 is 106 Å². The van der Waals surface area contributed by atoms with Gasteiger partial charge in [-0.05, 0) is 163 Å². The Kier molecular flexibility index (Phi) is 27.7. The summed E-state index contributed by atoms with van der Waals surface area (Å²) in [6.07, 6.45) is -0.729. The van der Waals surface area contributed by atoms with Gasteiger partial charge in [-0.3, -0.25) is 9.59 Å². The number of carbonyl (C=O) groups is 6. The third-order valence-electron chi connectivity index (χ3n) is 17.8. The van der Waals surface area contributed by atoms with Gasteiger partial charge in [-0.25, -0.2) is 28.0 Å². The van der Waals surface area contributed by atoms with Gasteiger partial charge in [-0.15, -0.1) is 0 Å². The molecule has 0 radical (unpaired) electrons. The summed E-state index contributed by atoms with van der Waals surface area (Å²) < 4.78 is 55.9. The molecular weight excluding hydrogens is 1520 g/mol. The summed E-state index contributed by atoms with van der Waals surface area (Å²) in [6, 6.07) is 21.7. The minimum Gasteiger partial charge on any atom is -0.507 e. The maximum Gasteiger partial charge on any atom is 0.407 e. The first kappa shape index (κ1) is 87.2. The molecule has 7 aromatic rings. The smallest absolute Gasteiger partial charge is 0.407 e. The Morgan fingerprint density at radius 2 is 0.744 bits per heavy atom. The molecule has 0 spiro atoms. The lowest BCUT2D eigenvalue weighted by molar-refractivity contribution is 0.0452. The summed E-state index contributed by atoms with van der Waals surface area (Å²) in [5, 5.41) is 54.2. The van der Waals surface area contributed by atoms with Crippen molar-refractivity contribution >= 4 is 94.6 Å². The van der Waals surface area contributed by atoms with Crippen molar-refractivity contribution in [3.63, 3.8) is 0 Å². The third kappa shape index (κ3) is 26.7. The lowest BCUT2D eigenvalue weighted by Gasteiger charge is -2.40. The van der Waals surface area contributed by atoms with Gasteiger partial charge in [0.25, 0.3) is 11.8 Å². The van der Waals surface area contributed by atoms with E-state index in [9.17, 15) is 52.9 Å². The lowest BCUT2D eigenvalue weighted by atomic mass is 10.0. The molecule has 4 saturated heterocycles. The first-order valence-corrected chi connectivity index (χ1v) is 38.2. The molecule has 0 aliphatic carbocycles. The molecule has 117 heavy (non-hydrogen) atoms. The average molecular weight is 1630 g/mol.